The maximum Gasteiger partial charge on any atom is 0.270 e. The summed E-state index contributed by atoms with van der Waals surface area (Å²) in [6.07, 6.45) is 2.09. The molecule has 5 rings (SSSR count). The molecule has 1 saturated heterocycles. The Morgan fingerprint density at radius 3 is 2.41 bits per heavy atom. The van der Waals surface area contributed by atoms with Crippen LogP contribution in [0.1, 0.15) is 51.2 Å². The van der Waals surface area contributed by atoms with E-state index in [9.17, 15) is 22.8 Å². The van der Waals surface area contributed by atoms with Gasteiger partial charge in [0.25, 0.3) is 17.4 Å². The van der Waals surface area contributed by atoms with Crippen LogP contribution in [-0.4, -0.2) is 64.9 Å². The molecular formula is C24H28N4O5S. The van der Waals surface area contributed by atoms with Crippen molar-refractivity contribution in [1.82, 2.24) is 19.1 Å². The fourth-order valence-electron chi connectivity index (χ4n) is 4.94. The molecule has 1 N–H and O–H groups in total. The van der Waals surface area contributed by atoms with E-state index in [1.807, 2.05) is 31.2 Å². The van der Waals surface area contributed by atoms with Gasteiger partial charge in [0.05, 0.1) is 11.3 Å². The number of rotatable bonds is 6. The van der Waals surface area contributed by atoms with Crippen LogP contribution >= 0.6 is 0 Å². The van der Waals surface area contributed by atoms with Gasteiger partial charge in [0.1, 0.15) is 11.3 Å². The fraction of sp³-hybridized carbons (Fsp3) is 0.458. The van der Waals surface area contributed by atoms with Gasteiger partial charge in [-0.15, -0.1) is 0 Å². The summed E-state index contributed by atoms with van der Waals surface area (Å²) >= 11 is 0. The Morgan fingerprint density at radius 2 is 1.76 bits per heavy atom. The molecule has 3 aliphatic rings. The van der Waals surface area contributed by atoms with Gasteiger partial charge < -0.3 is 14.8 Å². The van der Waals surface area contributed by atoms with Gasteiger partial charge in [-0.25, -0.2) is 8.42 Å². The number of carbonyl (C=O) groups excluding carboxylic acids is 2. The molecule has 34 heavy (non-hydrogen) atoms. The van der Waals surface area contributed by atoms with E-state index >= 15 is 0 Å². The smallest absolute Gasteiger partial charge is 0.270 e. The normalized spacial score (nSPS) is 20.7. The van der Waals surface area contributed by atoms with Gasteiger partial charge in [-0.05, 0) is 43.9 Å². The molecule has 2 aliphatic heterocycles. The number of hydrogen-bond acceptors (Lipinski definition) is 5. The number of hydrogen-bond donors (Lipinski definition) is 1. The van der Waals surface area contributed by atoms with Gasteiger partial charge >= 0.3 is 0 Å². The maximum atomic E-state index is 13.2. The molecule has 3 heterocycles. The fourth-order valence-corrected chi connectivity index (χ4v) is 6.89. The third-order valence-electron chi connectivity index (χ3n) is 7.03. The second kappa shape index (κ2) is 8.35. The van der Waals surface area contributed by atoms with Crippen LogP contribution in [0.5, 0.6) is 0 Å². The highest BCUT2D eigenvalue weighted by Gasteiger charge is 2.55. The average molecular weight is 485 g/mol. The van der Waals surface area contributed by atoms with Crippen LogP contribution in [0.25, 0.3) is 0 Å². The van der Waals surface area contributed by atoms with E-state index in [0.717, 1.165) is 24.0 Å². The summed E-state index contributed by atoms with van der Waals surface area (Å²) in [5, 5.41) is 2.77. The van der Waals surface area contributed by atoms with E-state index in [4.69, 9.17) is 0 Å². The predicted molar refractivity (Wildman–Crippen MR) is 126 cm³/mol. The Kier molecular flexibility index (Phi) is 5.60. The molecule has 180 valence electrons. The van der Waals surface area contributed by atoms with Crippen LogP contribution in [0.15, 0.2) is 41.2 Å². The Balaban J connectivity index is 1.30. The first-order chi connectivity index (χ1) is 16.2. The molecule has 0 bridgehead atoms. The Morgan fingerprint density at radius 1 is 1.03 bits per heavy atom. The monoisotopic (exact) mass is 484 g/mol. The lowest BCUT2D eigenvalue weighted by Crippen LogP contribution is -2.52. The van der Waals surface area contributed by atoms with Crippen LogP contribution in [0.2, 0.25) is 0 Å². The lowest BCUT2D eigenvalue weighted by atomic mass is 10.1. The van der Waals surface area contributed by atoms with Gasteiger partial charge in [-0.2, -0.15) is 4.31 Å². The van der Waals surface area contributed by atoms with Gasteiger partial charge in [0.2, 0.25) is 10.0 Å². The highest BCUT2D eigenvalue weighted by atomic mass is 32.2. The molecule has 0 unspecified atom stereocenters. The highest BCUT2D eigenvalue weighted by molar-refractivity contribution is 7.89. The molecule has 2 amide bonds. The lowest BCUT2D eigenvalue weighted by Gasteiger charge is -2.35. The van der Waals surface area contributed by atoms with Crippen molar-refractivity contribution in [1.29, 1.82) is 0 Å². The molecule has 1 aromatic carbocycles. The van der Waals surface area contributed by atoms with Gasteiger partial charge in [-0.3, -0.25) is 14.4 Å². The molecule has 9 nitrogen and oxygen atoms in total. The van der Waals surface area contributed by atoms with Crippen molar-refractivity contribution in [3.8, 4) is 0 Å². The second-order valence-corrected chi connectivity index (χ2v) is 11.5. The average Bonchev–Trinajstić information content (AvgIpc) is 3.49. The minimum absolute atomic E-state index is 0.000986. The summed E-state index contributed by atoms with van der Waals surface area (Å²) in [6, 6.07) is 10.7. The van der Waals surface area contributed by atoms with E-state index in [1.165, 1.54) is 16.7 Å². The summed E-state index contributed by atoms with van der Waals surface area (Å²) in [5.41, 5.74) is 1.28. The summed E-state index contributed by atoms with van der Waals surface area (Å²) in [4.78, 5) is 40.5. The second-order valence-electron chi connectivity index (χ2n) is 9.45. The number of fused-ring (bicyclic) bond motifs is 1. The zero-order valence-corrected chi connectivity index (χ0v) is 19.9. The lowest BCUT2D eigenvalue weighted by molar-refractivity contribution is 0.0647. The zero-order chi connectivity index (χ0) is 24.1. The van der Waals surface area contributed by atoms with Crippen molar-refractivity contribution in [2.45, 2.75) is 44.8 Å². The number of sulfonamides is 1. The molecule has 1 aliphatic carbocycles. The summed E-state index contributed by atoms with van der Waals surface area (Å²) < 4.78 is 27.8. The highest BCUT2D eigenvalue weighted by Crippen LogP contribution is 2.46. The van der Waals surface area contributed by atoms with E-state index < -0.39 is 27.0 Å². The topological polar surface area (TPSA) is 109 Å². The molecule has 0 spiro atoms. The quantitative estimate of drug-likeness (QED) is 0.661. The summed E-state index contributed by atoms with van der Waals surface area (Å²) in [5.74, 6) is -0.625. The number of amides is 2. The maximum absolute atomic E-state index is 13.2. The Labute approximate surface area is 198 Å². The number of nitrogens with zero attached hydrogens (tertiary/aromatic N) is 3. The molecule has 0 atom stereocenters. The van der Waals surface area contributed by atoms with Gasteiger partial charge in [0, 0.05) is 32.7 Å². The predicted octanol–water partition coefficient (Wildman–Crippen LogP) is 1.11. The van der Waals surface area contributed by atoms with Crippen LogP contribution < -0.4 is 10.9 Å². The molecule has 2 fully saturated rings. The first-order valence-corrected chi connectivity index (χ1v) is 13.2. The van der Waals surface area contributed by atoms with Gasteiger partial charge in [0.15, 0.2) is 0 Å². The molecule has 0 radical (unpaired) electrons. The minimum Gasteiger partial charge on any atom is -0.348 e. The van der Waals surface area contributed by atoms with E-state index in [1.54, 1.807) is 9.21 Å². The number of aromatic nitrogens is 1. The van der Waals surface area contributed by atoms with Crippen molar-refractivity contribution in [2.24, 2.45) is 0 Å². The van der Waals surface area contributed by atoms with Crippen molar-refractivity contribution in [3.63, 3.8) is 0 Å². The number of aryl methyl sites for hydroxylation is 1. The largest absolute Gasteiger partial charge is 0.348 e. The van der Waals surface area contributed by atoms with E-state index in [2.05, 4.69) is 5.32 Å². The number of carbonyl (C=O) groups is 2. The van der Waals surface area contributed by atoms with Crippen LogP contribution in [0.4, 0.5) is 0 Å². The third-order valence-corrected chi connectivity index (χ3v) is 9.08. The Bertz CT molecular complexity index is 1310. The molecule has 1 saturated carbocycles. The zero-order valence-electron chi connectivity index (χ0n) is 19.1. The number of nitrogens with one attached hydrogen (secondary N) is 1. The minimum atomic E-state index is -3.27. The molecule has 10 heteroatoms. The standard InChI is InChI=1S/C24H28N4O5S/c1-17-3-5-18(6-4-17)15-25-21(29)19-7-8-20-23(31)26(12-13-27(20)22(19)30)16-24(9-10-24)28-11-2-14-34(28,32)33/h3-8H,2,9-16H2,1H3,(H,25,29). The van der Waals surface area contributed by atoms with Gasteiger partial charge in [-0.1, -0.05) is 29.8 Å². The Hall–Kier alpha value is -2.98. The van der Waals surface area contributed by atoms with E-state index in [-0.39, 0.29) is 29.5 Å². The van der Waals surface area contributed by atoms with Crippen molar-refractivity contribution in [3.05, 3.63) is 69.1 Å². The first kappa shape index (κ1) is 22.8. The van der Waals surface area contributed by atoms with Crippen LogP contribution in [0.3, 0.4) is 0 Å². The first-order valence-electron chi connectivity index (χ1n) is 11.6. The number of pyridine rings is 1. The number of benzene rings is 1. The molecular weight excluding hydrogens is 456 g/mol. The molecule has 2 aromatic rings. The van der Waals surface area contributed by atoms with Crippen molar-refractivity contribution < 1.29 is 18.0 Å². The third kappa shape index (κ3) is 4.05. The van der Waals surface area contributed by atoms with E-state index in [0.29, 0.717) is 32.6 Å². The summed E-state index contributed by atoms with van der Waals surface area (Å²) in [7, 11) is -3.27. The van der Waals surface area contributed by atoms with Crippen LogP contribution in [0, 0.1) is 6.92 Å². The van der Waals surface area contributed by atoms with Crippen LogP contribution in [-0.2, 0) is 23.1 Å². The SMILES string of the molecule is Cc1ccc(CNC(=O)c2ccc3n(c2=O)CCN(CC2(N4CCCS4(=O)=O)CC2)C3=O)cc1. The van der Waals surface area contributed by atoms with Crippen molar-refractivity contribution in [2.75, 3.05) is 25.4 Å². The van der Waals surface area contributed by atoms with Crippen molar-refractivity contribution >= 4 is 21.8 Å². The molecule has 1 aromatic heterocycles. The summed E-state index contributed by atoms with van der Waals surface area (Å²) in [6.45, 7) is 3.68.